The van der Waals surface area contributed by atoms with Gasteiger partial charge >= 0.3 is 0 Å². The molecule has 1 amide bonds. The van der Waals surface area contributed by atoms with Gasteiger partial charge in [-0.1, -0.05) is 0 Å². The lowest BCUT2D eigenvalue weighted by Crippen LogP contribution is -2.18. The quantitative estimate of drug-likeness (QED) is 0.690. The zero-order chi connectivity index (χ0) is 13.8. The van der Waals surface area contributed by atoms with Crippen molar-refractivity contribution in [2.45, 2.75) is 6.54 Å². The second kappa shape index (κ2) is 5.38. The first-order valence-electron chi connectivity index (χ1n) is 5.80. The van der Waals surface area contributed by atoms with Crippen LogP contribution in [0.3, 0.4) is 0 Å². The summed E-state index contributed by atoms with van der Waals surface area (Å²) in [6, 6.07) is 5.09. The summed E-state index contributed by atoms with van der Waals surface area (Å²) < 4.78 is 1.81. The Morgan fingerprint density at radius 2 is 2.26 bits per heavy atom. The Hall–Kier alpha value is -2.57. The smallest absolute Gasteiger partial charge is 0.251 e. The Bertz CT molecular complexity index is 592. The molecule has 1 heterocycles. The summed E-state index contributed by atoms with van der Waals surface area (Å²) in [6.07, 6.45) is 1.63. The third-order valence-corrected chi connectivity index (χ3v) is 2.78. The lowest BCUT2D eigenvalue weighted by molar-refractivity contribution is 0.0963. The fourth-order valence-corrected chi connectivity index (χ4v) is 1.64. The van der Waals surface area contributed by atoms with Gasteiger partial charge in [-0.3, -0.25) is 4.79 Å². The number of rotatable bonds is 4. The number of anilines is 2. The number of aromatic nitrogens is 3. The van der Waals surface area contributed by atoms with E-state index in [2.05, 4.69) is 20.8 Å². The van der Waals surface area contributed by atoms with Crippen LogP contribution in [0.2, 0.25) is 0 Å². The Morgan fingerprint density at radius 1 is 1.47 bits per heavy atom. The van der Waals surface area contributed by atoms with Crippen LogP contribution < -0.4 is 16.4 Å². The van der Waals surface area contributed by atoms with Gasteiger partial charge in [0.15, 0.2) is 5.82 Å². The zero-order valence-corrected chi connectivity index (χ0v) is 10.8. The van der Waals surface area contributed by atoms with Crippen molar-refractivity contribution in [3.63, 3.8) is 0 Å². The maximum absolute atomic E-state index is 11.6. The molecule has 0 aliphatic heterocycles. The molecule has 0 atom stereocenters. The van der Waals surface area contributed by atoms with E-state index in [1.54, 1.807) is 31.6 Å². The maximum atomic E-state index is 11.6. The van der Waals surface area contributed by atoms with Crippen molar-refractivity contribution in [1.82, 2.24) is 20.1 Å². The molecule has 1 aromatic carbocycles. The van der Waals surface area contributed by atoms with E-state index < -0.39 is 0 Å². The van der Waals surface area contributed by atoms with Crippen molar-refractivity contribution in [2.24, 2.45) is 7.05 Å². The third-order valence-electron chi connectivity index (χ3n) is 2.78. The van der Waals surface area contributed by atoms with Gasteiger partial charge in [-0.15, -0.1) is 10.2 Å². The summed E-state index contributed by atoms with van der Waals surface area (Å²) in [5.41, 5.74) is 7.70. The van der Waals surface area contributed by atoms with Crippen molar-refractivity contribution in [2.75, 3.05) is 18.1 Å². The van der Waals surface area contributed by atoms with Crippen molar-refractivity contribution in [1.29, 1.82) is 0 Å². The second-order valence-corrected chi connectivity index (χ2v) is 4.09. The average Bonchev–Trinajstić information content (AvgIpc) is 2.82. The van der Waals surface area contributed by atoms with Crippen LogP contribution in [0.5, 0.6) is 0 Å². The molecule has 0 aliphatic carbocycles. The Balaban J connectivity index is 2.15. The Morgan fingerprint density at radius 3 is 2.89 bits per heavy atom. The fourth-order valence-electron chi connectivity index (χ4n) is 1.64. The summed E-state index contributed by atoms with van der Waals surface area (Å²) in [5, 5.41) is 13.5. The molecule has 7 heteroatoms. The molecule has 19 heavy (non-hydrogen) atoms. The van der Waals surface area contributed by atoms with Gasteiger partial charge in [-0.2, -0.15) is 0 Å². The van der Waals surface area contributed by atoms with Gasteiger partial charge in [0.1, 0.15) is 6.33 Å². The van der Waals surface area contributed by atoms with Crippen LogP contribution in [0.4, 0.5) is 11.4 Å². The van der Waals surface area contributed by atoms with Crippen LogP contribution >= 0.6 is 0 Å². The molecule has 0 spiro atoms. The van der Waals surface area contributed by atoms with Gasteiger partial charge in [0.05, 0.1) is 17.9 Å². The van der Waals surface area contributed by atoms with Crippen molar-refractivity contribution in [3.05, 3.63) is 35.9 Å². The first-order valence-corrected chi connectivity index (χ1v) is 5.80. The normalized spacial score (nSPS) is 10.2. The molecule has 0 radical (unpaired) electrons. The highest BCUT2D eigenvalue weighted by Crippen LogP contribution is 2.20. The summed E-state index contributed by atoms with van der Waals surface area (Å²) in [5.74, 6) is 0.631. The summed E-state index contributed by atoms with van der Waals surface area (Å²) in [7, 11) is 3.45. The number of nitrogens with zero attached hydrogens (tertiary/aromatic N) is 3. The summed E-state index contributed by atoms with van der Waals surface area (Å²) in [4.78, 5) is 11.6. The number of nitrogens with two attached hydrogens (primary N) is 1. The number of amides is 1. The van der Waals surface area contributed by atoms with Crippen LogP contribution in [0, 0.1) is 0 Å². The van der Waals surface area contributed by atoms with Crippen molar-refractivity contribution >= 4 is 17.3 Å². The van der Waals surface area contributed by atoms with E-state index in [0.717, 1.165) is 5.82 Å². The number of nitrogen functional groups attached to an aromatic ring is 1. The van der Waals surface area contributed by atoms with Crippen molar-refractivity contribution < 1.29 is 4.79 Å². The number of benzene rings is 1. The van der Waals surface area contributed by atoms with E-state index in [0.29, 0.717) is 23.5 Å². The minimum Gasteiger partial charge on any atom is -0.397 e. The van der Waals surface area contributed by atoms with E-state index in [1.165, 1.54) is 0 Å². The first-order chi connectivity index (χ1) is 9.11. The maximum Gasteiger partial charge on any atom is 0.251 e. The van der Waals surface area contributed by atoms with Gasteiger partial charge in [-0.05, 0) is 18.2 Å². The van der Waals surface area contributed by atoms with Gasteiger partial charge in [0.25, 0.3) is 5.91 Å². The van der Waals surface area contributed by atoms with Crippen LogP contribution in [0.1, 0.15) is 16.2 Å². The number of carbonyl (C=O) groups is 1. The number of carbonyl (C=O) groups excluding carboxylic acids is 1. The Labute approximate surface area is 110 Å². The van der Waals surface area contributed by atoms with Gasteiger partial charge in [-0.25, -0.2) is 0 Å². The summed E-state index contributed by atoms with van der Waals surface area (Å²) >= 11 is 0. The van der Waals surface area contributed by atoms with Crippen LogP contribution in [0.15, 0.2) is 24.5 Å². The molecule has 0 saturated carbocycles. The summed E-state index contributed by atoms with van der Waals surface area (Å²) in [6.45, 7) is 0.484. The van der Waals surface area contributed by atoms with E-state index >= 15 is 0 Å². The van der Waals surface area contributed by atoms with E-state index in [1.807, 2.05) is 11.6 Å². The minimum atomic E-state index is -0.151. The minimum absolute atomic E-state index is 0.151. The Kier molecular flexibility index (Phi) is 3.65. The van der Waals surface area contributed by atoms with E-state index in [-0.39, 0.29) is 5.91 Å². The van der Waals surface area contributed by atoms with E-state index in [4.69, 9.17) is 5.73 Å². The highest BCUT2D eigenvalue weighted by atomic mass is 16.1. The zero-order valence-electron chi connectivity index (χ0n) is 10.8. The monoisotopic (exact) mass is 260 g/mol. The second-order valence-electron chi connectivity index (χ2n) is 4.09. The molecule has 100 valence electrons. The molecule has 0 bridgehead atoms. The average molecular weight is 260 g/mol. The van der Waals surface area contributed by atoms with Gasteiger partial charge < -0.3 is 20.9 Å². The molecule has 1 aromatic heterocycles. The lowest BCUT2D eigenvalue weighted by Gasteiger charge is -2.10. The molecular weight excluding hydrogens is 244 g/mol. The largest absolute Gasteiger partial charge is 0.397 e. The molecule has 0 saturated heterocycles. The van der Waals surface area contributed by atoms with Gasteiger partial charge in [0, 0.05) is 19.7 Å². The SMILES string of the molecule is CNC(=O)c1ccc(N)c(NCc2nncn2C)c1. The van der Waals surface area contributed by atoms with Crippen LogP contribution in [0.25, 0.3) is 0 Å². The van der Waals surface area contributed by atoms with E-state index in [9.17, 15) is 4.79 Å². The molecule has 0 aliphatic rings. The number of hydrogen-bond donors (Lipinski definition) is 3. The first kappa shape index (κ1) is 12.9. The highest BCUT2D eigenvalue weighted by Gasteiger charge is 2.07. The molecule has 0 unspecified atom stereocenters. The highest BCUT2D eigenvalue weighted by molar-refractivity contribution is 5.96. The topological polar surface area (TPSA) is 97.9 Å². The number of nitrogens with one attached hydrogen (secondary N) is 2. The van der Waals surface area contributed by atoms with Gasteiger partial charge in [0.2, 0.25) is 0 Å². The molecule has 0 fully saturated rings. The number of aryl methyl sites for hydroxylation is 1. The molecule has 2 aromatic rings. The molecule has 2 rings (SSSR count). The third kappa shape index (κ3) is 2.82. The standard InChI is InChI=1S/C12H16N6O/c1-14-12(19)8-3-4-9(13)10(5-8)15-6-11-17-16-7-18(11)2/h3-5,7,15H,6,13H2,1-2H3,(H,14,19). The molecule has 4 N–H and O–H groups in total. The lowest BCUT2D eigenvalue weighted by atomic mass is 10.1. The van der Waals surface area contributed by atoms with Crippen LogP contribution in [-0.4, -0.2) is 27.7 Å². The number of hydrogen-bond acceptors (Lipinski definition) is 5. The molecule has 7 nitrogen and oxygen atoms in total. The predicted molar refractivity (Wildman–Crippen MR) is 72.6 cm³/mol. The molecular formula is C12H16N6O. The predicted octanol–water partition coefficient (Wildman–Crippen LogP) is 0.369. The van der Waals surface area contributed by atoms with Crippen molar-refractivity contribution in [3.8, 4) is 0 Å². The van der Waals surface area contributed by atoms with Crippen LogP contribution in [-0.2, 0) is 13.6 Å². The fraction of sp³-hybridized carbons (Fsp3) is 0.250.